The summed E-state index contributed by atoms with van der Waals surface area (Å²) < 4.78 is 0. The molecule has 0 amide bonds. The number of nitrogens with zero attached hydrogens (tertiary/aromatic N) is 1. The number of likely N-dealkylation sites (tertiary alicyclic amines) is 1. The maximum atomic E-state index is 5.17. The first-order valence-corrected chi connectivity index (χ1v) is 5.89. The molecule has 0 aromatic heterocycles. The van der Waals surface area contributed by atoms with Crippen LogP contribution in [0.5, 0.6) is 0 Å². The van der Waals surface area contributed by atoms with Crippen molar-refractivity contribution in [2.45, 2.75) is 25.4 Å². The molecule has 16 heavy (non-hydrogen) atoms. The third kappa shape index (κ3) is 2.61. The van der Waals surface area contributed by atoms with E-state index in [9.17, 15) is 0 Å². The number of benzene rings is 1. The lowest BCUT2D eigenvalue weighted by molar-refractivity contribution is 0.122. The molecule has 0 saturated carbocycles. The Labute approximate surface area is 97.1 Å². The lowest BCUT2D eigenvalue weighted by Gasteiger charge is -2.30. The molecule has 1 aliphatic heterocycles. The Morgan fingerprint density at radius 1 is 1.31 bits per heavy atom. The van der Waals surface area contributed by atoms with Gasteiger partial charge in [-0.1, -0.05) is 24.3 Å². The van der Waals surface area contributed by atoms with Crippen molar-refractivity contribution in [3.8, 4) is 0 Å². The van der Waals surface area contributed by atoms with E-state index in [4.69, 9.17) is 10.7 Å². The fourth-order valence-corrected chi connectivity index (χ4v) is 2.47. The lowest BCUT2D eigenvalue weighted by atomic mass is 9.87. The second-order valence-corrected chi connectivity index (χ2v) is 4.59. The summed E-state index contributed by atoms with van der Waals surface area (Å²) in [5.41, 5.74) is 2.65. The molecule has 88 valence electrons. The van der Waals surface area contributed by atoms with Crippen LogP contribution in [-0.4, -0.2) is 25.0 Å². The molecule has 1 saturated heterocycles. The molecule has 3 nitrogen and oxygen atoms in total. The van der Waals surface area contributed by atoms with Gasteiger partial charge in [0.25, 0.3) is 0 Å². The smallest absolute Gasteiger partial charge is 0.0932 e. The molecular formula is C13H20N2O. The van der Waals surface area contributed by atoms with Crippen LogP contribution in [0.1, 0.15) is 29.9 Å². The van der Waals surface area contributed by atoms with E-state index in [0.29, 0.717) is 12.5 Å². The summed E-state index contributed by atoms with van der Waals surface area (Å²) in [6, 6.07) is 8.48. The van der Waals surface area contributed by atoms with Crippen molar-refractivity contribution in [2.24, 2.45) is 5.90 Å². The molecule has 1 aromatic rings. The van der Waals surface area contributed by atoms with Gasteiger partial charge in [0.2, 0.25) is 0 Å². The standard InChI is InChI=1S/C13H20N2O/c1-15-8-6-11(7-9-15)13-5-3-2-4-12(13)10-16-14/h2-5,11H,6-10,14H2,1H3. The van der Waals surface area contributed by atoms with E-state index in [1.54, 1.807) is 0 Å². The van der Waals surface area contributed by atoms with Gasteiger partial charge < -0.3 is 4.90 Å². The topological polar surface area (TPSA) is 38.5 Å². The molecule has 0 radical (unpaired) electrons. The van der Waals surface area contributed by atoms with Crippen molar-refractivity contribution in [3.05, 3.63) is 35.4 Å². The summed E-state index contributed by atoms with van der Waals surface area (Å²) in [6.07, 6.45) is 2.47. The zero-order valence-corrected chi connectivity index (χ0v) is 9.86. The van der Waals surface area contributed by atoms with Crippen LogP contribution in [0.3, 0.4) is 0 Å². The van der Waals surface area contributed by atoms with Gasteiger partial charge >= 0.3 is 0 Å². The minimum Gasteiger partial charge on any atom is -0.306 e. The molecule has 1 aromatic carbocycles. The highest BCUT2D eigenvalue weighted by Crippen LogP contribution is 2.30. The average Bonchev–Trinajstić information content (AvgIpc) is 2.32. The summed E-state index contributed by atoms with van der Waals surface area (Å²) in [7, 11) is 2.19. The van der Waals surface area contributed by atoms with Crippen LogP contribution in [-0.2, 0) is 11.4 Å². The Morgan fingerprint density at radius 2 is 2.00 bits per heavy atom. The molecule has 0 aliphatic carbocycles. The molecule has 0 atom stereocenters. The maximum absolute atomic E-state index is 5.17. The summed E-state index contributed by atoms with van der Waals surface area (Å²) in [6.45, 7) is 2.88. The van der Waals surface area contributed by atoms with E-state index in [-0.39, 0.29) is 0 Å². The van der Waals surface area contributed by atoms with Crippen molar-refractivity contribution in [1.29, 1.82) is 0 Å². The Bertz CT molecular complexity index is 332. The summed E-state index contributed by atoms with van der Waals surface area (Å²) in [5, 5.41) is 0. The SMILES string of the molecule is CN1CCC(c2ccccc2CON)CC1. The minimum absolute atomic E-state index is 0.516. The normalized spacial score (nSPS) is 18.9. The second kappa shape index (κ2) is 5.43. The molecular weight excluding hydrogens is 200 g/mol. The van der Waals surface area contributed by atoms with Crippen molar-refractivity contribution < 1.29 is 4.84 Å². The highest BCUT2D eigenvalue weighted by molar-refractivity contribution is 5.30. The molecule has 0 spiro atoms. The van der Waals surface area contributed by atoms with E-state index in [1.165, 1.54) is 37.1 Å². The predicted octanol–water partition coefficient (Wildman–Crippen LogP) is 1.89. The molecule has 0 unspecified atom stereocenters. The van der Waals surface area contributed by atoms with Crippen LogP contribution >= 0.6 is 0 Å². The van der Waals surface area contributed by atoms with Crippen LogP contribution in [0.4, 0.5) is 0 Å². The zero-order valence-electron chi connectivity index (χ0n) is 9.86. The first kappa shape index (κ1) is 11.6. The van der Waals surface area contributed by atoms with Gasteiger partial charge in [-0.15, -0.1) is 0 Å². The van der Waals surface area contributed by atoms with Gasteiger partial charge in [-0.25, -0.2) is 5.90 Å². The third-order valence-corrected chi connectivity index (χ3v) is 3.45. The number of rotatable bonds is 3. The first-order chi connectivity index (χ1) is 7.81. The van der Waals surface area contributed by atoms with Crippen LogP contribution < -0.4 is 5.90 Å². The monoisotopic (exact) mass is 220 g/mol. The molecule has 1 fully saturated rings. The van der Waals surface area contributed by atoms with Crippen molar-refractivity contribution >= 4 is 0 Å². The maximum Gasteiger partial charge on any atom is 0.0932 e. The fraction of sp³-hybridized carbons (Fsp3) is 0.538. The third-order valence-electron chi connectivity index (χ3n) is 3.45. The van der Waals surface area contributed by atoms with Gasteiger partial charge in [0.15, 0.2) is 0 Å². The molecule has 2 rings (SSSR count). The van der Waals surface area contributed by atoms with Crippen LogP contribution in [0.2, 0.25) is 0 Å². The summed E-state index contributed by atoms with van der Waals surface area (Å²) in [4.78, 5) is 7.16. The number of hydrogen-bond acceptors (Lipinski definition) is 3. The number of piperidine rings is 1. The average molecular weight is 220 g/mol. The van der Waals surface area contributed by atoms with E-state index >= 15 is 0 Å². The van der Waals surface area contributed by atoms with Gasteiger partial charge in [-0.3, -0.25) is 4.84 Å². The Balaban J connectivity index is 2.13. The zero-order chi connectivity index (χ0) is 11.4. The molecule has 1 heterocycles. The largest absolute Gasteiger partial charge is 0.306 e. The van der Waals surface area contributed by atoms with Gasteiger partial charge in [0.1, 0.15) is 0 Å². The Kier molecular flexibility index (Phi) is 3.93. The quantitative estimate of drug-likeness (QED) is 0.790. The van der Waals surface area contributed by atoms with Crippen LogP contribution in [0.25, 0.3) is 0 Å². The van der Waals surface area contributed by atoms with E-state index < -0.39 is 0 Å². The van der Waals surface area contributed by atoms with Gasteiger partial charge in [0.05, 0.1) is 6.61 Å². The van der Waals surface area contributed by atoms with Crippen LogP contribution in [0, 0.1) is 0 Å². The first-order valence-electron chi connectivity index (χ1n) is 5.89. The summed E-state index contributed by atoms with van der Waals surface area (Å²) >= 11 is 0. The van der Waals surface area contributed by atoms with E-state index in [2.05, 4.69) is 30.1 Å². The Morgan fingerprint density at radius 3 is 2.69 bits per heavy atom. The van der Waals surface area contributed by atoms with E-state index in [0.717, 1.165) is 0 Å². The van der Waals surface area contributed by atoms with Gasteiger partial charge in [-0.2, -0.15) is 0 Å². The minimum atomic E-state index is 0.516. The molecule has 2 N–H and O–H groups in total. The predicted molar refractivity (Wildman–Crippen MR) is 64.9 cm³/mol. The molecule has 3 heteroatoms. The number of hydrogen-bond donors (Lipinski definition) is 1. The lowest BCUT2D eigenvalue weighted by Crippen LogP contribution is -2.29. The van der Waals surface area contributed by atoms with Gasteiger partial charge in [-0.05, 0) is 50.0 Å². The highest BCUT2D eigenvalue weighted by Gasteiger charge is 2.20. The van der Waals surface area contributed by atoms with Crippen LogP contribution in [0.15, 0.2) is 24.3 Å². The summed E-state index contributed by atoms with van der Waals surface area (Å²) in [5.74, 6) is 5.84. The van der Waals surface area contributed by atoms with Crippen molar-refractivity contribution in [2.75, 3.05) is 20.1 Å². The highest BCUT2D eigenvalue weighted by atomic mass is 16.6. The van der Waals surface area contributed by atoms with E-state index in [1.807, 2.05) is 6.07 Å². The van der Waals surface area contributed by atoms with Crippen molar-refractivity contribution in [3.63, 3.8) is 0 Å². The Hall–Kier alpha value is -0.900. The van der Waals surface area contributed by atoms with Crippen molar-refractivity contribution in [1.82, 2.24) is 4.90 Å². The van der Waals surface area contributed by atoms with Gasteiger partial charge in [0, 0.05) is 0 Å². The molecule has 1 aliphatic rings. The fourth-order valence-electron chi connectivity index (χ4n) is 2.47. The molecule has 0 bridgehead atoms. The number of nitrogens with two attached hydrogens (primary N) is 1. The second-order valence-electron chi connectivity index (χ2n) is 4.59.